The summed E-state index contributed by atoms with van der Waals surface area (Å²) in [5.41, 5.74) is 0.823. The highest BCUT2D eigenvalue weighted by Crippen LogP contribution is 2.30. The molecule has 0 unspecified atom stereocenters. The topological polar surface area (TPSA) is 70.6 Å². The molecule has 0 aromatic heterocycles. The summed E-state index contributed by atoms with van der Waals surface area (Å²) in [6.45, 7) is 0. The van der Waals surface area contributed by atoms with E-state index in [1.54, 1.807) is 0 Å². The number of carbonyl (C=O) groups excluding carboxylic acids is 2. The van der Waals surface area contributed by atoms with E-state index in [2.05, 4.69) is 10.4 Å². The third-order valence-electron chi connectivity index (χ3n) is 2.75. The van der Waals surface area contributed by atoms with E-state index in [4.69, 9.17) is 0 Å². The molecule has 1 saturated carbocycles. The summed E-state index contributed by atoms with van der Waals surface area (Å²) in [7, 11) is 0. The standard InChI is InChI=1S/C13H12F3N3O2/c14-13(15,16)10-4-2-1-3-8(10)7-17-19-12(21)11(20)18-9-5-6-9/h1-4,7,9H,5-6H2,(H,18,20)(H,19,21)/b17-7-. The number of carbonyl (C=O) groups is 2. The van der Waals surface area contributed by atoms with Gasteiger partial charge in [0.1, 0.15) is 0 Å². The van der Waals surface area contributed by atoms with Crippen LogP contribution in [0.2, 0.25) is 0 Å². The van der Waals surface area contributed by atoms with Gasteiger partial charge in [-0.25, -0.2) is 5.43 Å². The third kappa shape index (κ3) is 4.30. The zero-order chi connectivity index (χ0) is 15.5. The van der Waals surface area contributed by atoms with Crippen molar-refractivity contribution in [1.29, 1.82) is 0 Å². The predicted octanol–water partition coefficient (Wildman–Crippen LogP) is 1.43. The number of rotatable bonds is 3. The van der Waals surface area contributed by atoms with E-state index in [0.29, 0.717) is 0 Å². The lowest BCUT2D eigenvalue weighted by Crippen LogP contribution is -2.38. The Morgan fingerprint density at radius 2 is 1.86 bits per heavy atom. The second-order valence-corrected chi connectivity index (χ2v) is 4.53. The van der Waals surface area contributed by atoms with E-state index in [9.17, 15) is 22.8 Å². The van der Waals surface area contributed by atoms with Gasteiger partial charge in [-0.1, -0.05) is 18.2 Å². The van der Waals surface area contributed by atoms with E-state index in [1.165, 1.54) is 18.2 Å². The quantitative estimate of drug-likeness (QED) is 0.503. The summed E-state index contributed by atoms with van der Waals surface area (Å²) >= 11 is 0. The molecule has 5 nitrogen and oxygen atoms in total. The summed E-state index contributed by atoms with van der Waals surface area (Å²) in [6, 6.07) is 4.80. The summed E-state index contributed by atoms with van der Waals surface area (Å²) in [5.74, 6) is -1.86. The van der Waals surface area contributed by atoms with Crippen molar-refractivity contribution in [3.63, 3.8) is 0 Å². The Kier molecular flexibility index (Phi) is 4.25. The van der Waals surface area contributed by atoms with Gasteiger partial charge >= 0.3 is 18.0 Å². The van der Waals surface area contributed by atoms with Gasteiger partial charge in [-0.05, 0) is 18.9 Å². The van der Waals surface area contributed by atoms with Gasteiger partial charge in [0, 0.05) is 11.6 Å². The normalized spacial score (nSPS) is 15.0. The van der Waals surface area contributed by atoms with Crippen LogP contribution >= 0.6 is 0 Å². The SMILES string of the molecule is O=C(N/N=C\c1ccccc1C(F)(F)F)C(=O)NC1CC1. The first-order valence-corrected chi connectivity index (χ1v) is 6.18. The van der Waals surface area contributed by atoms with Crippen LogP contribution in [0.3, 0.4) is 0 Å². The van der Waals surface area contributed by atoms with Crippen molar-refractivity contribution >= 4 is 18.0 Å². The van der Waals surface area contributed by atoms with Crippen molar-refractivity contribution < 1.29 is 22.8 Å². The Balaban J connectivity index is 1.98. The average Bonchev–Trinajstić information content (AvgIpc) is 3.22. The Morgan fingerprint density at radius 1 is 1.19 bits per heavy atom. The monoisotopic (exact) mass is 299 g/mol. The number of nitrogens with zero attached hydrogens (tertiary/aromatic N) is 1. The molecule has 8 heteroatoms. The van der Waals surface area contributed by atoms with Gasteiger partial charge in [0.2, 0.25) is 0 Å². The van der Waals surface area contributed by atoms with E-state index in [0.717, 1.165) is 25.1 Å². The van der Waals surface area contributed by atoms with E-state index in [-0.39, 0.29) is 11.6 Å². The van der Waals surface area contributed by atoms with Crippen LogP contribution in [0, 0.1) is 0 Å². The van der Waals surface area contributed by atoms with Crippen LogP contribution in [0.1, 0.15) is 24.0 Å². The molecule has 0 aliphatic heterocycles. The lowest BCUT2D eigenvalue weighted by Gasteiger charge is -2.09. The Labute approximate surface area is 118 Å². The second kappa shape index (κ2) is 5.94. The average molecular weight is 299 g/mol. The molecule has 0 heterocycles. The van der Waals surface area contributed by atoms with Crippen molar-refractivity contribution in [3.8, 4) is 0 Å². The molecule has 1 aliphatic carbocycles. The van der Waals surface area contributed by atoms with E-state index in [1.807, 2.05) is 5.43 Å². The molecule has 112 valence electrons. The van der Waals surface area contributed by atoms with Gasteiger partial charge in [0.15, 0.2) is 0 Å². The van der Waals surface area contributed by atoms with Crippen LogP contribution in [0.4, 0.5) is 13.2 Å². The Morgan fingerprint density at radius 3 is 2.48 bits per heavy atom. The number of amides is 2. The number of hydrazone groups is 1. The number of hydrogen-bond acceptors (Lipinski definition) is 3. The van der Waals surface area contributed by atoms with Gasteiger partial charge in [0.05, 0.1) is 11.8 Å². The summed E-state index contributed by atoms with van der Waals surface area (Å²) in [6.07, 6.45) is -2.02. The van der Waals surface area contributed by atoms with E-state index < -0.39 is 23.6 Å². The minimum absolute atomic E-state index is 0.0122. The molecule has 0 radical (unpaired) electrons. The Bertz CT molecular complexity index is 580. The molecule has 1 aliphatic rings. The molecule has 2 N–H and O–H groups in total. The van der Waals surface area contributed by atoms with Crippen molar-refractivity contribution in [2.24, 2.45) is 5.10 Å². The van der Waals surface area contributed by atoms with Crippen LogP contribution < -0.4 is 10.7 Å². The first-order chi connectivity index (χ1) is 9.88. The zero-order valence-corrected chi connectivity index (χ0v) is 10.8. The molecule has 0 atom stereocenters. The largest absolute Gasteiger partial charge is 0.417 e. The fourth-order valence-electron chi connectivity index (χ4n) is 1.56. The number of halogens is 3. The highest BCUT2D eigenvalue weighted by atomic mass is 19.4. The van der Waals surface area contributed by atoms with Gasteiger partial charge in [-0.3, -0.25) is 9.59 Å². The Hall–Kier alpha value is -2.38. The number of benzene rings is 1. The van der Waals surface area contributed by atoms with Crippen molar-refractivity contribution in [3.05, 3.63) is 35.4 Å². The molecule has 0 saturated heterocycles. The van der Waals surface area contributed by atoms with Crippen molar-refractivity contribution in [2.45, 2.75) is 25.1 Å². The number of nitrogens with one attached hydrogen (secondary N) is 2. The zero-order valence-electron chi connectivity index (χ0n) is 10.8. The predicted molar refractivity (Wildman–Crippen MR) is 68.3 cm³/mol. The van der Waals surface area contributed by atoms with Crippen LogP contribution in [0.15, 0.2) is 29.4 Å². The van der Waals surface area contributed by atoms with Crippen molar-refractivity contribution in [2.75, 3.05) is 0 Å². The molecule has 21 heavy (non-hydrogen) atoms. The minimum Gasteiger partial charge on any atom is -0.345 e. The summed E-state index contributed by atoms with van der Waals surface area (Å²) in [4.78, 5) is 22.6. The van der Waals surface area contributed by atoms with Gasteiger partial charge < -0.3 is 5.32 Å². The highest BCUT2D eigenvalue weighted by molar-refractivity contribution is 6.35. The molecule has 2 rings (SSSR count). The third-order valence-corrected chi connectivity index (χ3v) is 2.75. The van der Waals surface area contributed by atoms with Crippen LogP contribution in [0.25, 0.3) is 0 Å². The molecule has 0 bridgehead atoms. The molecule has 1 aromatic rings. The minimum atomic E-state index is -4.52. The molecular weight excluding hydrogens is 287 g/mol. The first kappa shape index (κ1) is 15.0. The number of alkyl halides is 3. The van der Waals surface area contributed by atoms with Crippen LogP contribution in [0.5, 0.6) is 0 Å². The van der Waals surface area contributed by atoms with E-state index >= 15 is 0 Å². The maximum Gasteiger partial charge on any atom is 0.417 e. The number of hydrogen-bond donors (Lipinski definition) is 2. The lowest BCUT2D eigenvalue weighted by molar-refractivity contribution is -0.139. The maximum absolute atomic E-state index is 12.7. The van der Waals surface area contributed by atoms with Crippen molar-refractivity contribution in [1.82, 2.24) is 10.7 Å². The molecule has 1 fully saturated rings. The summed E-state index contributed by atoms with van der Waals surface area (Å²) in [5, 5.41) is 5.81. The fraction of sp³-hybridized carbons (Fsp3) is 0.308. The maximum atomic E-state index is 12.7. The lowest BCUT2D eigenvalue weighted by atomic mass is 10.1. The summed E-state index contributed by atoms with van der Waals surface area (Å²) < 4.78 is 38.1. The molecule has 0 spiro atoms. The van der Waals surface area contributed by atoms with Crippen LogP contribution in [-0.4, -0.2) is 24.1 Å². The second-order valence-electron chi connectivity index (χ2n) is 4.53. The van der Waals surface area contributed by atoms with Gasteiger partial charge in [-0.2, -0.15) is 18.3 Å². The molecular formula is C13H12F3N3O2. The van der Waals surface area contributed by atoms with Gasteiger partial charge in [-0.15, -0.1) is 0 Å². The first-order valence-electron chi connectivity index (χ1n) is 6.18. The molecule has 1 aromatic carbocycles. The molecule has 2 amide bonds. The highest BCUT2D eigenvalue weighted by Gasteiger charge is 2.32. The van der Waals surface area contributed by atoms with Gasteiger partial charge in [0.25, 0.3) is 0 Å². The smallest absolute Gasteiger partial charge is 0.345 e. The fourth-order valence-corrected chi connectivity index (χ4v) is 1.56. The van der Waals surface area contributed by atoms with Crippen LogP contribution in [-0.2, 0) is 15.8 Å².